The number of methoxy groups -OCH3 is 1. The third kappa shape index (κ3) is 3.49. The Bertz CT molecular complexity index is 356. The highest BCUT2D eigenvalue weighted by molar-refractivity contribution is 5.30. The number of hydrogen-bond acceptors (Lipinski definition) is 2. The molecule has 2 unspecified atom stereocenters. The minimum atomic E-state index is 0.613. The molecule has 1 aliphatic rings. The van der Waals surface area contributed by atoms with Crippen molar-refractivity contribution in [1.29, 1.82) is 0 Å². The molecule has 1 N–H and O–H groups in total. The molecule has 1 saturated carbocycles. The third-order valence-corrected chi connectivity index (χ3v) is 4.08. The fourth-order valence-corrected chi connectivity index (χ4v) is 2.36. The monoisotopic (exact) mass is 247 g/mol. The van der Waals surface area contributed by atoms with E-state index in [9.17, 15) is 0 Å². The number of nitrogens with one attached hydrogen (secondary N) is 1. The second-order valence-electron chi connectivity index (χ2n) is 5.45. The summed E-state index contributed by atoms with van der Waals surface area (Å²) in [5.41, 5.74) is 1.43. The quantitative estimate of drug-likeness (QED) is 0.795. The van der Waals surface area contributed by atoms with Crippen LogP contribution in [0.5, 0.6) is 5.75 Å². The summed E-state index contributed by atoms with van der Waals surface area (Å²) >= 11 is 0. The van der Waals surface area contributed by atoms with Crippen LogP contribution in [0.4, 0.5) is 0 Å². The van der Waals surface area contributed by atoms with Crippen molar-refractivity contribution >= 4 is 0 Å². The van der Waals surface area contributed by atoms with E-state index in [2.05, 4.69) is 43.4 Å². The second kappa shape index (κ2) is 6.24. The molecule has 2 heteroatoms. The molecular weight excluding hydrogens is 222 g/mol. The summed E-state index contributed by atoms with van der Waals surface area (Å²) in [7, 11) is 1.72. The lowest BCUT2D eigenvalue weighted by molar-refractivity contribution is 0.409. The van der Waals surface area contributed by atoms with E-state index in [1.165, 1.54) is 24.8 Å². The van der Waals surface area contributed by atoms with Crippen molar-refractivity contribution in [3.63, 3.8) is 0 Å². The molecule has 18 heavy (non-hydrogen) atoms. The number of rotatable bonds is 7. The van der Waals surface area contributed by atoms with Gasteiger partial charge in [0.05, 0.1) is 7.11 Å². The molecule has 0 aliphatic heterocycles. The Kier molecular flexibility index (Phi) is 4.65. The Hall–Kier alpha value is -1.02. The van der Waals surface area contributed by atoms with Crippen LogP contribution in [0.1, 0.15) is 44.6 Å². The van der Waals surface area contributed by atoms with Gasteiger partial charge >= 0.3 is 0 Å². The van der Waals surface area contributed by atoms with E-state index in [4.69, 9.17) is 4.74 Å². The van der Waals surface area contributed by atoms with Gasteiger partial charge in [0.1, 0.15) is 5.75 Å². The molecule has 0 bridgehead atoms. The number of hydrogen-bond donors (Lipinski definition) is 1. The van der Waals surface area contributed by atoms with E-state index in [0.717, 1.165) is 18.3 Å². The molecule has 0 heterocycles. The average molecular weight is 247 g/mol. The van der Waals surface area contributed by atoms with Gasteiger partial charge in [-0.1, -0.05) is 32.4 Å². The molecule has 2 nitrogen and oxygen atoms in total. The lowest BCUT2D eigenvalue weighted by atomic mass is 9.85. The zero-order valence-electron chi connectivity index (χ0n) is 11.8. The Morgan fingerprint density at radius 2 is 1.94 bits per heavy atom. The zero-order valence-corrected chi connectivity index (χ0v) is 11.8. The van der Waals surface area contributed by atoms with Gasteiger partial charge < -0.3 is 10.1 Å². The topological polar surface area (TPSA) is 21.3 Å². The van der Waals surface area contributed by atoms with Crippen LogP contribution in [-0.4, -0.2) is 19.7 Å². The highest BCUT2D eigenvalue weighted by Gasteiger charge is 2.24. The highest BCUT2D eigenvalue weighted by Crippen LogP contribution is 2.29. The summed E-state index contributed by atoms with van der Waals surface area (Å²) in [5.74, 6) is 2.27. The Morgan fingerprint density at radius 1 is 1.28 bits per heavy atom. The fourth-order valence-electron chi connectivity index (χ4n) is 2.36. The van der Waals surface area contributed by atoms with E-state index in [1.807, 2.05) is 0 Å². The molecule has 0 spiro atoms. The zero-order chi connectivity index (χ0) is 13.0. The lowest BCUT2D eigenvalue weighted by Gasteiger charge is -2.24. The van der Waals surface area contributed by atoms with Gasteiger partial charge in [-0.25, -0.2) is 0 Å². The van der Waals surface area contributed by atoms with Crippen molar-refractivity contribution < 1.29 is 4.74 Å². The van der Waals surface area contributed by atoms with E-state index in [1.54, 1.807) is 7.11 Å². The average Bonchev–Trinajstić information content (AvgIpc) is 3.23. The normalized spacial score (nSPS) is 18.4. The number of ether oxygens (including phenoxy) is 1. The summed E-state index contributed by atoms with van der Waals surface area (Å²) in [4.78, 5) is 0. The van der Waals surface area contributed by atoms with Crippen molar-refractivity contribution in [3.05, 3.63) is 29.8 Å². The van der Waals surface area contributed by atoms with Crippen molar-refractivity contribution in [3.8, 4) is 5.75 Å². The van der Waals surface area contributed by atoms with Crippen molar-refractivity contribution in [2.24, 2.45) is 5.92 Å². The first-order valence-corrected chi connectivity index (χ1v) is 7.12. The van der Waals surface area contributed by atoms with Gasteiger partial charge in [0.15, 0.2) is 0 Å². The molecule has 1 aliphatic carbocycles. The van der Waals surface area contributed by atoms with Crippen LogP contribution in [0.3, 0.4) is 0 Å². The standard InChI is InChI=1S/C16H25NO/c1-4-12(2)16(11-17-14-7-8-14)13-5-9-15(18-3)10-6-13/h5-6,9-10,12,14,16-17H,4,7-8,11H2,1-3H3. The van der Waals surface area contributed by atoms with Crippen LogP contribution in [0.15, 0.2) is 24.3 Å². The predicted molar refractivity (Wildman–Crippen MR) is 76.2 cm³/mol. The first kappa shape index (κ1) is 13.4. The molecule has 2 rings (SSSR count). The third-order valence-electron chi connectivity index (χ3n) is 4.08. The molecule has 0 aromatic heterocycles. The first-order chi connectivity index (χ1) is 8.74. The molecular formula is C16H25NO. The maximum Gasteiger partial charge on any atom is 0.118 e. The van der Waals surface area contributed by atoms with Crippen LogP contribution in [0, 0.1) is 5.92 Å². The minimum Gasteiger partial charge on any atom is -0.497 e. The molecule has 1 fully saturated rings. The Labute approximate surface area is 111 Å². The van der Waals surface area contributed by atoms with Crippen LogP contribution in [-0.2, 0) is 0 Å². The maximum atomic E-state index is 5.23. The van der Waals surface area contributed by atoms with E-state index < -0.39 is 0 Å². The molecule has 100 valence electrons. The minimum absolute atomic E-state index is 0.613. The van der Waals surface area contributed by atoms with Gasteiger partial charge in [0, 0.05) is 12.6 Å². The molecule has 1 aromatic rings. The summed E-state index contributed by atoms with van der Waals surface area (Å²) in [6.07, 6.45) is 3.94. The van der Waals surface area contributed by atoms with Crippen LogP contribution in [0.25, 0.3) is 0 Å². The predicted octanol–water partition coefficient (Wildman–Crippen LogP) is 3.58. The molecule has 0 amide bonds. The van der Waals surface area contributed by atoms with Gasteiger partial charge in [0.2, 0.25) is 0 Å². The van der Waals surface area contributed by atoms with E-state index in [0.29, 0.717) is 11.8 Å². The summed E-state index contributed by atoms with van der Waals surface area (Å²) in [6.45, 7) is 5.73. The van der Waals surface area contributed by atoms with Crippen LogP contribution < -0.4 is 10.1 Å². The fraction of sp³-hybridized carbons (Fsp3) is 0.625. The van der Waals surface area contributed by atoms with Gasteiger partial charge in [-0.3, -0.25) is 0 Å². The number of benzene rings is 1. The summed E-state index contributed by atoms with van der Waals surface area (Å²) < 4.78 is 5.23. The van der Waals surface area contributed by atoms with Gasteiger partial charge in [-0.05, 0) is 42.4 Å². The van der Waals surface area contributed by atoms with Gasteiger partial charge in [-0.2, -0.15) is 0 Å². The molecule has 1 aromatic carbocycles. The SMILES string of the molecule is CCC(C)C(CNC1CC1)c1ccc(OC)cc1. The van der Waals surface area contributed by atoms with Gasteiger partial charge in [0.25, 0.3) is 0 Å². The van der Waals surface area contributed by atoms with Crippen molar-refractivity contribution in [1.82, 2.24) is 5.32 Å². The highest BCUT2D eigenvalue weighted by atomic mass is 16.5. The van der Waals surface area contributed by atoms with Crippen LogP contribution >= 0.6 is 0 Å². The van der Waals surface area contributed by atoms with E-state index in [-0.39, 0.29) is 0 Å². The van der Waals surface area contributed by atoms with E-state index >= 15 is 0 Å². The van der Waals surface area contributed by atoms with Gasteiger partial charge in [-0.15, -0.1) is 0 Å². The van der Waals surface area contributed by atoms with Crippen molar-refractivity contribution in [2.75, 3.05) is 13.7 Å². The molecule has 0 radical (unpaired) electrons. The Balaban J connectivity index is 2.04. The summed E-state index contributed by atoms with van der Waals surface area (Å²) in [5, 5.41) is 3.67. The lowest BCUT2D eigenvalue weighted by Crippen LogP contribution is -2.27. The smallest absolute Gasteiger partial charge is 0.118 e. The second-order valence-corrected chi connectivity index (χ2v) is 5.45. The van der Waals surface area contributed by atoms with Crippen molar-refractivity contribution in [2.45, 2.75) is 45.1 Å². The Morgan fingerprint density at radius 3 is 2.44 bits per heavy atom. The summed E-state index contributed by atoms with van der Waals surface area (Å²) in [6, 6.07) is 9.35. The molecule has 0 saturated heterocycles. The maximum absolute atomic E-state index is 5.23. The first-order valence-electron chi connectivity index (χ1n) is 7.12. The molecule has 2 atom stereocenters. The van der Waals surface area contributed by atoms with Crippen LogP contribution in [0.2, 0.25) is 0 Å². The largest absolute Gasteiger partial charge is 0.497 e.